The first-order chi connectivity index (χ1) is 14.7. The fourth-order valence-corrected chi connectivity index (χ4v) is 3.92. The van der Waals surface area contributed by atoms with E-state index in [2.05, 4.69) is 21.2 Å². The molecule has 2 N–H and O–H groups in total. The maximum Gasteiger partial charge on any atom is 0.294 e. The van der Waals surface area contributed by atoms with Gasteiger partial charge >= 0.3 is 0 Å². The van der Waals surface area contributed by atoms with E-state index in [0.717, 1.165) is 12.1 Å². The number of nitrogens with zero attached hydrogens (tertiary/aromatic N) is 1. The summed E-state index contributed by atoms with van der Waals surface area (Å²) in [6.45, 7) is 1.42. The summed E-state index contributed by atoms with van der Waals surface area (Å²) in [5.74, 6) is -3.20. The van der Waals surface area contributed by atoms with Crippen molar-refractivity contribution in [3.05, 3.63) is 56.9 Å². The number of ether oxygens (including phenoxy) is 1. The molecular formula is C20H15BrF2N2O5S. The summed E-state index contributed by atoms with van der Waals surface area (Å²) >= 11 is 3.91. The number of phenolic OH excluding ortho intramolecular Hbond substituents is 1. The number of aromatic hydroxyl groups is 1. The number of anilines is 1. The molecule has 11 heteroatoms. The molecular weight excluding hydrogens is 498 g/mol. The van der Waals surface area contributed by atoms with Crippen molar-refractivity contribution >= 4 is 56.5 Å². The minimum absolute atomic E-state index is 0.0552. The molecule has 2 aromatic carbocycles. The average molecular weight is 513 g/mol. The summed E-state index contributed by atoms with van der Waals surface area (Å²) in [4.78, 5) is 37.8. The molecule has 0 unspecified atom stereocenters. The molecule has 0 atom stereocenters. The van der Waals surface area contributed by atoms with Crippen LogP contribution in [0.5, 0.6) is 11.5 Å². The second kappa shape index (κ2) is 9.48. The van der Waals surface area contributed by atoms with Crippen molar-refractivity contribution in [2.75, 3.05) is 18.5 Å². The molecule has 0 saturated carbocycles. The van der Waals surface area contributed by atoms with Crippen LogP contribution in [0.15, 0.2) is 39.7 Å². The predicted molar refractivity (Wildman–Crippen MR) is 115 cm³/mol. The highest BCUT2D eigenvalue weighted by Gasteiger charge is 2.36. The second-order valence-corrected chi connectivity index (χ2v) is 8.06. The van der Waals surface area contributed by atoms with Gasteiger partial charge in [0.05, 0.1) is 17.2 Å². The van der Waals surface area contributed by atoms with E-state index in [1.807, 2.05) is 0 Å². The Hall–Kier alpha value is -2.92. The van der Waals surface area contributed by atoms with E-state index in [1.165, 1.54) is 18.2 Å². The van der Waals surface area contributed by atoms with E-state index in [-0.39, 0.29) is 22.1 Å². The number of thioether (sulfide) groups is 1. The molecule has 0 spiro atoms. The Morgan fingerprint density at radius 3 is 2.71 bits per heavy atom. The van der Waals surface area contributed by atoms with Crippen LogP contribution < -0.4 is 10.1 Å². The molecule has 7 nitrogen and oxygen atoms in total. The predicted octanol–water partition coefficient (Wildman–Crippen LogP) is 4.51. The molecule has 1 aliphatic heterocycles. The zero-order valence-corrected chi connectivity index (χ0v) is 18.4. The van der Waals surface area contributed by atoms with E-state index in [0.29, 0.717) is 39.4 Å². The standard InChI is InChI=1S/C20H15BrF2N2O5S/c1-2-30-16-5-10(12(21)8-15(16)26)6-17-19(28)25(20(29)31-17)9-18(27)24-14-4-3-11(22)7-13(14)23/h3-8,26H,2,9H2,1H3,(H,24,27)/b17-6-. The lowest BCUT2D eigenvalue weighted by molar-refractivity contribution is -0.127. The van der Waals surface area contributed by atoms with Gasteiger partial charge in [0.15, 0.2) is 11.5 Å². The Bertz CT molecular complexity index is 1110. The summed E-state index contributed by atoms with van der Waals surface area (Å²) in [6.07, 6.45) is 1.43. The van der Waals surface area contributed by atoms with Crippen molar-refractivity contribution in [1.29, 1.82) is 0 Å². The van der Waals surface area contributed by atoms with E-state index in [1.54, 1.807) is 6.92 Å². The number of hydrogen-bond acceptors (Lipinski definition) is 6. The van der Waals surface area contributed by atoms with Crippen molar-refractivity contribution in [1.82, 2.24) is 4.90 Å². The van der Waals surface area contributed by atoms with Crippen LogP contribution in [0, 0.1) is 11.6 Å². The highest BCUT2D eigenvalue weighted by Crippen LogP contribution is 2.37. The van der Waals surface area contributed by atoms with Crippen LogP contribution in [0.4, 0.5) is 19.3 Å². The normalized spacial score (nSPS) is 15.0. The van der Waals surface area contributed by atoms with E-state index in [4.69, 9.17) is 4.74 Å². The lowest BCUT2D eigenvalue weighted by atomic mass is 10.2. The third kappa shape index (κ3) is 5.23. The Balaban J connectivity index is 1.76. The molecule has 1 aliphatic rings. The molecule has 3 rings (SSSR count). The van der Waals surface area contributed by atoms with Crippen LogP contribution in [-0.4, -0.2) is 40.2 Å². The van der Waals surface area contributed by atoms with Crippen LogP contribution in [0.2, 0.25) is 0 Å². The van der Waals surface area contributed by atoms with Gasteiger partial charge in [0.1, 0.15) is 18.2 Å². The van der Waals surface area contributed by atoms with E-state index >= 15 is 0 Å². The van der Waals surface area contributed by atoms with Gasteiger partial charge in [-0.3, -0.25) is 19.3 Å². The summed E-state index contributed by atoms with van der Waals surface area (Å²) in [5, 5.41) is 11.4. The van der Waals surface area contributed by atoms with Crippen molar-refractivity contribution < 1.29 is 33.0 Å². The number of rotatable bonds is 6. The molecule has 1 fully saturated rings. The number of halogens is 3. The first-order valence-electron chi connectivity index (χ1n) is 8.85. The molecule has 1 heterocycles. The molecule has 0 bridgehead atoms. The maximum atomic E-state index is 13.7. The van der Waals surface area contributed by atoms with E-state index in [9.17, 15) is 28.3 Å². The zero-order chi connectivity index (χ0) is 22.7. The van der Waals surface area contributed by atoms with Gasteiger partial charge in [-0.25, -0.2) is 8.78 Å². The zero-order valence-electron chi connectivity index (χ0n) is 15.9. The van der Waals surface area contributed by atoms with Crippen LogP contribution >= 0.6 is 27.7 Å². The highest BCUT2D eigenvalue weighted by molar-refractivity contribution is 9.10. The lowest BCUT2D eigenvalue weighted by Gasteiger charge is -2.13. The summed E-state index contributed by atoms with van der Waals surface area (Å²) in [7, 11) is 0. The maximum absolute atomic E-state index is 13.7. The Kier molecular flexibility index (Phi) is 6.96. The Morgan fingerprint density at radius 2 is 2.03 bits per heavy atom. The monoisotopic (exact) mass is 512 g/mol. The summed E-state index contributed by atoms with van der Waals surface area (Å²) in [5.41, 5.74) is 0.204. The minimum atomic E-state index is -0.982. The average Bonchev–Trinajstić information content (AvgIpc) is 2.95. The number of hydrogen-bond donors (Lipinski definition) is 2. The number of amides is 3. The molecule has 0 aliphatic carbocycles. The molecule has 31 heavy (non-hydrogen) atoms. The Morgan fingerprint density at radius 1 is 1.29 bits per heavy atom. The van der Waals surface area contributed by atoms with Crippen LogP contribution in [0.1, 0.15) is 12.5 Å². The SMILES string of the molecule is CCOc1cc(/C=C2\SC(=O)N(CC(=O)Nc3ccc(F)cc3F)C2=O)c(Br)cc1O. The molecule has 0 aromatic heterocycles. The number of carbonyl (C=O) groups excluding carboxylic acids is 3. The van der Waals surface area contributed by atoms with Gasteiger partial charge in [0, 0.05) is 10.5 Å². The van der Waals surface area contributed by atoms with Crippen LogP contribution in [0.3, 0.4) is 0 Å². The number of phenols is 1. The Labute approximate surface area is 188 Å². The van der Waals surface area contributed by atoms with Gasteiger partial charge in [-0.15, -0.1) is 0 Å². The molecule has 2 aromatic rings. The van der Waals surface area contributed by atoms with Crippen molar-refractivity contribution in [3.63, 3.8) is 0 Å². The third-order valence-corrected chi connectivity index (χ3v) is 5.64. The largest absolute Gasteiger partial charge is 0.504 e. The molecule has 3 amide bonds. The van der Waals surface area contributed by atoms with Crippen molar-refractivity contribution in [2.24, 2.45) is 0 Å². The number of carbonyl (C=O) groups is 3. The van der Waals surface area contributed by atoms with Gasteiger partial charge in [-0.1, -0.05) is 15.9 Å². The van der Waals surface area contributed by atoms with E-state index < -0.39 is 35.2 Å². The number of benzene rings is 2. The fourth-order valence-electron chi connectivity index (χ4n) is 2.64. The summed E-state index contributed by atoms with van der Waals surface area (Å²) in [6, 6.07) is 5.50. The van der Waals surface area contributed by atoms with Crippen molar-refractivity contribution in [2.45, 2.75) is 6.92 Å². The van der Waals surface area contributed by atoms with Gasteiger partial charge < -0.3 is 15.2 Å². The van der Waals surface area contributed by atoms with Gasteiger partial charge in [0.2, 0.25) is 5.91 Å². The molecule has 0 radical (unpaired) electrons. The first-order valence-corrected chi connectivity index (χ1v) is 10.5. The van der Waals surface area contributed by atoms with Gasteiger partial charge in [-0.2, -0.15) is 0 Å². The smallest absolute Gasteiger partial charge is 0.294 e. The highest BCUT2D eigenvalue weighted by atomic mass is 79.9. The second-order valence-electron chi connectivity index (χ2n) is 6.21. The minimum Gasteiger partial charge on any atom is -0.504 e. The third-order valence-electron chi connectivity index (χ3n) is 4.05. The molecule has 1 saturated heterocycles. The van der Waals surface area contributed by atoms with Gasteiger partial charge in [-0.05, 0) is 54.6 Å². The van der Waals surface area contributed by atoms with Crippen LogP contribution in [-0.2, 0) is 9.59 Å². The van der Waals surface area contributed by atoms with Crippen molar-refractivity contribution in [3.8, 4) is 11.5 Å². The number of nitrogens with one attached hydrogen (secondary N) is 1. The van der Waals surface area contributed by atoms with Gasteiger partial charge in [0.25, 0.3) is 11.1 Å². The summed E-state index contributed by atoms with van der Waals surface area (Å²) < 4.78 is 32.4. The first kappa shape index (κ1) is 22.8. The number of imide groups is 1. The van der Waals surface area contributed by atoms with Crippen LogP contribution in [0.25, 0.3) is 6.08 Å². The lowest BCUT2D eigenvalue weighted by Crippen LogP contribution is -2.36. The topological polar surface area (TPSA) is 95.9 Å². The fraction of sp³-hybridized carbons (Fsp3) is 0.150. The molecule has 162 valence electrons. The quantitative estimate of drug-likeness (QED) is 0.553.